The molecular weight excluding hydrogens is 432 g/mol. The van der Waals surface area contributed by atoms with Crippen LogP contribution in [0.2, 0.25) is 0 Å². The second kappa shape index (κ2) is 9.07. The summed E-state index contributed by atoms with van der Waals surface area (Å²) < 4.78 is 12.4. The Balaban J connectivity index is 1.65. The van der Waals surface area contributed by atoms with Crippen molar-refractivity contribution in [3.8, 4) is 11.5 Å². The Hall–Kier alpha value is -4.66. The highest BCUT2D eigenvalue weighted by atomic mass is 16.5. The van der Waals surface area contributed by atoms with Gasteiger partial charge in [0.25, 0.3) is 5.56 Å². The lowest BCUT2D eigenvalue weighted by Gasteiger charge is -2.21. The summed E-state index contributed by atoms with van der Waals surface area (Å²) in [7, 11) is 3.19. The summed E-state index contributed by atoms with van der Waals surface area (Å²) in [5.41, 5.74) is 2.83. The average molecular weight is 454 g/mol. The first kappa shape index (κ1) is 21.2. The van der Waals surface area contributed by atoms with Crippen LogP contribution in [0, 0.1) is 0 Å². The van der Waals surface area contributed by atoms with Crippen molar-refractivity contribution in [2.24, 2.45) is 0 Å². The van der Waals surface area contributed by atoms with E-state index in [0.717, 1.165) is 22.3 Å². The standard InChI is InChI=1S/C25H22N6O3/c1-33-21-10-17(11-22(12-21)34-2)16-30-23(32)9-8-18-13-26-25(29-24(18)30)31(20-14-27-28-15-20)19-6-4-3-5-7-19/h3-15H,16H2,1-2H3,(H,27,28). The molecule has 2 aromatic carbocycles. The SMILES string of the molecule is COc1cc(Cn2c(=O)ccc3cnc(N(c4ccccc4)c4cn[nH]c4)nc32)cc(OC)c1. The predicted octanol–water partition coefficient (Wildman–Crippen LogP) is 4.05. The van der Waals surface area contributed by atoms with Gasteiger partial charge in [-0.15, -0.1) is 0 Å². The number of aromatic amines is 1. The Bertz CT molecular complexity index is 1460. The van der Waals surface area contributed by atoms with E-state index < -0.39 is 0 Å². The zero-order chi connectivity index (χ0) is 23.5. The molecule has 170 valence electrons. The molecule has 0 atom stereocenters. The van der Waals surface area contributed by atoms with E-state index in [-0.39, 0.29) is 12.1 Å². The molecule has 0 unspecified atom stereocenters. The van der Waals surface area contributed by atoms with E-state index in [1.54, 1.807) is 49.5 Å². The van der Waals surface area contributed by atoms with Crippen molar-refractivity contribution < 1.29 is 9.47 Å². The number of anilines is 3. The number of hydrogen-bond acceptors (Lipinski definition) is 7. The lowest BCUT2D eigenvalue weighted by molar-refractivity contribution is 0.393. The number of methoxy groups -OCH3 is 2. The molecular formula is C25H22N6O3. The van der Waals surface area contributed by atoms with Crippen LogP contribution in [0.3, 0.4) is 0 Å². The zero-order valence-electron chi connectivity index (χ0n) is 18.7. The molecule has 0 saturated carbocycles. The van der Waals surface area contributed by atoms with Crippen molar-refractivity contribution in [3.63, 3.8) is 0 Å². The molecule has 5 aromatic rings. The summed E-state index contributed by atoms with van der Waals surface area (Å²) in [6, 6.07) is 18.5. The Morgan fingerprint density at radius 3 is 2.38 bits per heavy atom. The molecule has 0 aliphatic rings. The minimum atomic E-state index is -0.173. The van der Waals surface area contributed by atoms with Crippen LogP contribution in [0.5, 0.6) is 11.5 Å². The van der Waals surface area contributed by atoms with Gasteiger partial charge in [-0.25, -0.2) is 4.98 Å². The molecule has 0 aliphatic carbocycles. The molecule has 9 heteroatoms. The molecule has 34 heavy (non-hydrogen) atoms. The van der Waals surface area contributed by atoms with Gasteiger partial charge in [0, 0.05) is 35.6 Å². The first-order valence-electron chi connectivity index (χ1n) is 10.6. The summed E-state index contributed by atoms with van der Waals surface area (Å²) >= 11 is 0. The van der Waals surface area contributed by atoms with Gasteiger partial charge in [0.2, 0.25) is 5.95 Å². The van der Waals surface area contributed by atoms with Crippen molar-refractivity contribution in [3.05, 3.63) is 95.2 Å². The number of aromatic nitrogens is 5. The Morgan fingerprint density at radius 2 is 1.71 bits per heavy atom. The summed E-state index contributed by atoms with van der Waals surface area (Å²) in [5, 5.41) is 7.66. The Kier molecular flexibility index (Phi) is 5.65. The number of nitrogens with zero attached hydrogens (tertiary/aromatic N) is 5. The third-order valence-electron chi connectivity index (χ3n) is 5.42. The van der Waals surface area contributed by atoms with Crippen molar-refractivity contribution in [2.75, 3.05) is 19.1 Å². The number of pyridine rings is 1. The maximum Gasteiger partial charge on any atom is 0.252 e. The number of H-pyrrole nitrogens is 1. The van der Waals surface area contributed by atoms with Gasteiger partial charge in [0.05, 0.1) is 32.6 Å². The van der Waals surface area contributed by atoms with Crippen LogP contribution in [0.1, 0.15) is 5.56 Å². The number of benzene rings is 2. The van der Waals surface area contributed by atoms with Gasteiger partial charge in [-0.3, -0.25) is 19.4 Å². The number of para-hydroxylation sites is 1. The van der Waals surface area contributed by atoms with Crippen LogP contribution in [0.4, 0.5) is 17.3 Å². The fraction of sp³-hybridized carbons (Fsp3) is 0.120. The highest BCUT2D eigenvalue weighted by molar-refractivity contribution is 5.78. The van der Waals surface area contributed by atoms with E-state index in [2.05, 4.69) is 15.2 Å². The molecule has 3 heterocycles. The zero-order valence-corrected chi connectivity index (χ0v) is 18.7. The highest BCUT2D eigenvalue weighted by Gasteiger charge is 2.18. The van der Waals surface area contributed by atoms with Crippen molar-refractivity contribution in [1.82, 2.24) is 24.7 Å². The molecule has 9 nitrogen and oxygen atoms in total. The number of ether oxygens (including phenoxy) is 2. The van der Waals surface area contributed by atoms with E-state index in [1.807, 2.05) is 47.4 Å². The van der Waals surface area contributed by atoms with Crippen molar-refractivity contribution in [1.29, 1.82) is 0 Å². The van der Waals surface area contributed by atoms with Crippen LogP contribution >= 0.6 is 0 Å². The molecule has 0 radical (unpaired) electrons. The topological polar surface area (TPSA) is 98.2 Å². The second-order valence-corrected chi connectivity index (χ2v) is 7.56. The van der Waals surface area contributed by atoms with Gasteiger partial charge >= 0.3 is 0 Å². The molecule has 0 fully saturated rings. The molecule has 0 spiro atoms. The maximum atomic E-state index is 12.9. The van der Waals surface area contributed by atoms with Crippen molar-refractivity contribution >= 4 is 28.4 Å². The van der Waals surface area contributed by atoms with E-state index in [0.29, 0.717) is 23.1 Å². The fourth-order valence-corrected chi connectivity index (χ4v) is 3.79. The Labute approximate surface area is 195 Å². The van der Waals surface area contributed by atoms with Gasteiger partial charge in [0.1, 0.15) is 17.1 Å². The van der Waals surface area contributed by atoms with Gasteiger partial charge in [-0.2, -0.15) is 10.1 Å². The molecule has 0 amide bonds. The molecule has 0 aliphatic heterocycles. The fourth-order valence-electron chi connectivity index (χ4n) is 3.79. The summed E-state index contributed by atoms with van der Waals surface area (Å²) in [6.07, 6.45) is 5.18. The van der Waals surface area contributed by atoms with Crippen LogP contribution in [0.15, 0.2) is 84.0 Å². The van der Waals surface area contributed by atoms with Crippen LogP contribution < -0.4 is 19.9 Å². The lowest BCUT2D eigenvalue weighted by Crippen LogP contribution is -2.22. The lowest BCUT2D eigenvalue weighted by atomic mass is 10.2. The molecule has 3 aromatic heterocycles. The Morgan fingerprint density at radius 1 is 0.941 bits per heavy atom. The second-order valence-electron chi connectivity index (χ2n) is 7.56. The number of rotatable bonds is 7. The smallest absolute Gasteiger partial charge is 0.252 e. The minimum absolute atomic E-state index is 0.173. The first-order valence-corrected chi connectivity index (χ1v) is 10.6. The number of hydrogen-bond donors (Lipinski definition) is 1. The molecule has 0 saturated heterocycles. The minimum Gasteiger partial charge on any atom is -0.497 e. The largest absolute Gasteiger partial charge is 0.497 e. The van der Waals surface area contributed by atoms with Crippen molar-refractivity contribution in [2.45, 2.75) is 6.54 Å². The third kappa shape index (κ3) is 4.06. The summed E-state index contributed by atoms with van der Waals surface area (Å²) in [5.74, 6) is 1.71. The van der Waals surface area contributed by atoms with Crippen LogP contribution in [0.25, 0.3) is 11.0 Å². The highest BCUT2D eigenvalue weighted by Crippen LogP contribution is 2.31. The van der Waals surface area contributed by atoms with Gasteiger partial charge in [-0.1, -0.05) is 18.2 Å². The quantitative estimate of drug-likeness (QED) is 0.396. The molecule has 5 rings (SSSR count). The summed E-state index contributed by atoms with van der Waals surface area (Å²) in [6.45, 7) is 0.289. The number of nitrogens with one attached hydrogen (secondary N) is 1. The number of fused-ring (bicyclic) bond motifs is 1. The molecule has 0 bridgehead atoms. The predicted molar refractivity (Wildman–Crippen MR) is 129 cm³/mol. The van der Waals surface area contributed by atoms with E-state index in [4.69, 9.17) is 14.5 Å². The van der Waals surface area contributed by atoms with E-state index in [9.17, 15) is 4.79 Å². The average Bonchev–Trinajstić information content (AvgIpc) is 3.41. The van der Waals surface area contributed by atoms with E-state index >= 15 is 0 Å². The van der Waals surface area contributed by atoms with Gasteiger partial charge < -0.3 is 9.47 Å². The molecule has 1 N–H and O–H groups in total. The normalized spacial score (nSPS) is 10.9. The van der Waals surface area contributed by atoms with Crippen LogP contribution in [-0.4, -0.2) is 39.0 Å². The first-order chi connectivity index (χ1) is 16.7. The third-order valence-corrected chi connectivity index (χ3v) is 5.42. The van der Waals surface area contributed by atoms with Gasteiger partial charge in [0.15, 0.2) is 0 Å². The summed E-state index contributed by atoms with van der Waals surface area (Å²) in [4.78, 5) is 24.2. The van der Waals surface area contributed by atoms with E-state index in [1.165, 1.54) is 6.07 Å². The van der Waals surface area contributed by atoms with Gasteiger partial charge in [-0.05, 0) is 35.9 Å². The maximum absolute atomic E-state index is 12.9. The monoisotopic (exact) mass is 454 g/mol. The van der Waals surface area contributed by atoms with Crippen LogP contribution in [-0.2, 0) is 6.54 Å².